The fraction of sp³-hybridized carbons (Fsp3) is 0.346. The number of piperazine rings is 1. The Morgan fingerprint density at radius 3 is 2.39 bits per heavy atom. The van der Waals surface area contributed by atoms with E-state index in [4.69, 9.17) is 0 Å². The van der Waals surface area contributed by atoms with Crippen LogP contribution in [0.2, 0.25) is 0 Å². The molecule has 1 amide bonds. The van der Waals surface area contributed by atoms with Gasteiger partial charge >= 0.3 is 0 Å². The van der Waals surface area contributed by atoms with Crippen LogP contribution in [0.5, 0.6) is 0 Å². The standard InChI is InChI=1S/C26H27F4N7O/c1-14(2)37-22-9-15(8-18(29)25(22)35(3)13-23(37)38)24-19(30)12-32-26(34-24)33-20-10-17(28)21(11-16(20)27)36-6-4-31-5-7-36/h8-12,14,31H,4-7,13H2,1-3H3,(H,32,33,34). The van der Waals surface area contributed by atoms with Gasteiger partial charge in [0.2, 0.25) is 11.9 Å². The number of benzene rings is 2. The van der Waals surface area contributed by atoms with Crippen LogP contribution in [0.15, 0.2) is 30.5 Å². The number of anilines is 5. The van der Waals surface area contributed by atoms with Gasteiger partial charge < -0.3 is 25.3 Å². The van der Waals surface area contributed by atoms with Crippen molar-refractivity contribution in [1.82, 2.24) is 15.3 Å². The zero-order chi connectivity index (χ0) is 27.1. The van der Waals surface area contributed by atoms with Crippen molar-refractivity contribution in [2.75, 3.05) is 59.8 Å². The van der Waals surface area contributed by atoms with E-state index in [1.54, 1.807) is 25.8 Å². The van der Waals surface area contributed by atoms with Gasteiger partial charge in [-0.15, -0.1) is 0 Å². The first-order chi connectivity index (χ1) is 18.1. The van der Waals surface area contributed by atoms with Crippen molar-refractivity contribution in [1.29, 1.82) is 0 Å². The highest BCUT2D eigenvalue weighted by molar-refractivity contribution is 6.04. The second kappa shape index (κ2) is 10.1. The molecule has 2 aliphatic rings. The molecule has 2 aliphatic heterocycles. The molecule has 12 heteroatoms. The molecule has 5 rings (SSSR count). The summed E-state index contributed by atoms with van der Waals surface area (Å²) in [5, 5.41) is 5.75. The van der Waals surface area contributed by atoms with E-state index in [1.807, 2.05) is 0 Å². The first-order valence-corrected chi connectivity index (χ1v) is 12.3. The van der Waals surface area contributed by atoms with Crippen LogP contribution in [0.4, 0.5) is 46.3 Å². The number of likely N-dealkylation sites (N-methyl/N-ethyl adjacent to an activating group) is 1. The summed E-state index contributed by atoms with van der Waals surface area (Å²) in [6, 6.07) is 4.45. The average Bonchev–Trinajstić information content (AvgIpc) is 2.86. The summed E-state index contributed by atoms with van der Waals surface area (Å²) in [7, 11) is 1.60. The lowest BCUT2D eigenvalue weighted by Gasteiger charge is -2.38. The number of amides is 1. The van der Waals surface area contributed by atoms with Crippen molar-refractivity contribution in [2.24, 2.45) is 0 Å². The van der Waals surface area contributed by atoms with E-state index in [-0.39, 0.29) is 58.4 Å². The number of fused-ring (bicyclic) bond motifs is 1. The summed E-state index contributed by atoms with van der Waals surface area (Å²) in [6.45, 7) is 6.01. The van der Waals surface area contributed by atoms with Crippen LogP contribution in [-0.4, -0.2) is 61.7 Å². The number of rotatable bonds is 5. The maximum Gasteiger partial charge on any atom is 0.246 e. The molecule has 8 nitrogen and oxygen atoms in total. The average molecular weight is 530 g/mol. The van der Waals surface area contributed by atoms with E-state index < -0.39 is 23.3 Å². The predicted molar refractivity (Wildman–Crippen MR) is 138 cm³/mol. The second-order valence-electron chi connectivity index (χ2n) is 9.58. The van der Waals surface area contributed by atoms with E-state index in [1.165, 1.54) is 15.9 Å². The summed E-state index contributed by atoms with van der Waals surface area (Å²) in [5.74, 6) is -3.29. The number of hydrogen-bond acceptors (Lipinski definition) is 7. The molecule has 3 heterocycles. The van der Waals surface area contributed by atoms with Gasteiger partial charge in [-0.05, 0) is 26.0 Å². The minimum Gasteiger partial charge on any atom is -0.367 e. The highest BCUT2D eigenvalue weighted by Gasteiger charge is 2.32. The van der Waals surface area contributed by atoms with Gasteiger partial charge in [-0.25, -0.2) is 27.5 Å². The molecule has 1 aromatic heterocycles. The van der Waals surface area contributed by atoms with Gasteiger partial charge in [0, 0.05) is 57.0 Å². The number of nitrogens with zero attached hydrogens (tertiary/aromatic N) is 5. The second-order valence-corrected chi connectivity index (χ2v) is 9.58. The Balaban J connectivity index is 1.50. The minimum absolute atomic E-state index is 0.00689. The smallest absolute Gasteiger partial charge is 0.246 e. The molecule has 38 heavy (non-hydrogen) atoms. The number of aromatic nitrogens is 2. The van der Waals surface area contributed by atoms with Crippen molar-refractivity contribution >= 4 is 34.6 Å². The maximum absolute atomic E-state index is 15.2. The van der Waals surface area contributed by atoms with Crippen LogP contribution >= 0.6 is 0 Å². The van der Waals surface area contributed by atoms with Crippen LogP contribution in [0.3, 0.4) is 0 Å². The topological polar surface area (TPSA) is 76.6 Å². The van der Waals surface area contributed by atoms with E-state index in [2.05, 4.69) is 20.6 Å². The Morgan fingerprint density at radius 2 is 1.68 bits per heavy atom. The van der Waals surface area contributed by atoms with Crippen molar-refractivity contribution in [3.05, 3.63) is 53.7 Å². The van der Waals surface area contributed by atoms with Crippen molar-refractivity contribution in [3.8, 4) is 11.3 Å². The zero-order valence-electron chi connectivity index (χ0n) is 21.2. The molecule has 3 aromatic rings. The van der Waals surface area contributed by atoms with Gasteiger partial charge in [-0.1, -0.05) is 0 Å². The Morgan fingerprint density at radius 1 is 0.947 bits per heavy atom. The summed E-state index contributed by atoms with van der Waals surface area (Å²) in [6.07, 6.45) is 0.864. The van der Waals surface area contributed by atoms with Gasteiger partial charge in [-0.3, -0.25) is 4.79 Å². The largest absolute Gasteiger partial charge is 0.367 e. The molecule has 1 saturated heterocycles. The number of hydrogen-bond donors (Lipinski definition) is 2. The van der Waals surface area contributed by atoms with E-state index in [9.17, 15) is 18.0 Å². The third kappa shape index (κ3) is 4.71. The molecule has 0 bridgehead atoms. The van der Waals surface area contributed by atoms with Gasteiger partial charge in [0.1, 0.15) is 23.1 Å². The number of carbonyl (C=O) groups is 1. The van der Waals surface area contributed by atoms with E-state index in [0.29, 0.717) is 26.2 Å². The lowest BCUT2D eigenvalue weighted by Crippen LogP contribution is -2.47. The maximum atomic E-state index is 15.2. The van der Waals surface area contributed by atoms with Crippen LogP contribution in [0, 0.1) is 23.3 Å². The van der Waals surface area contributed by atoms with Crippen molar-refractivity contribution in [3.63, 3.8) is 0 Å². The van der Waals surface area contributed by atoms with Gasteiger partial charge in [0.15, 0.2) is 5.82 Å². The Bertz CT molecular complexity index is 1390. The monoisotopic (exact) mass is 529 g/mol. The van der Waals surface area contributed by atoms with Crippen LogP contribution < -0.4 is 25.3 Å². The van der Waals surface area contributed by atoms with Crippen molar-refractivity contribution < 1.29 is 22.4 Å². The quantitative estimate of drug-likeness (QED) is 0.483. The lowest BCUT2D eigenvalue weighted by molar-refractivity contribution is -0.117. The summed E-state index contributed by atoms with van der Waals surface area (Å²) in [4.78, 5) is 25.3. The molecule has 2 aromatic carbocycles. The molecular formula is C26H27F4N7O. The highest BCUT2D eigenvalue weighted by atomic mass is 19.1. The SMILES string of the molecule is CC(C)N1C(=O)CN(C)c2c(F)cc(-c3nc(Nc4cc(F)c(N5CCNCC5)cc4F)ncc3F)cc21. The molecule has 1 fully saturated rings. The highest BCUT2D eigenvalue weighted by Crippen LogP contribution is 2.40. The Hall–Kier alpha value is -3.93. The van der Waals surface area contributed by atoms with Crippen LogP contribution in [0.1, 0.15) is 13.8 Å². The van der Waals surface area contributed by atoms with E-state index in [0.717, 1.165) is 24.4 Å². The fourth-order valence-corrected chi connectivity index (χ4v) is 4.87. The molecule has 0 radical (unpaired) electrons. The predicted octanol–water partition coefficient (Wildman–Crippen LogP) is 4.04. The molecule has 2 N–H and O–H groups in total. The zero-order valence-corrected chi connectivity index (χ0v) is 21.2. The summed E-state index contributed by atoms with van der Waals surface area (Å²) < 4.78 is 59.9. The Kier molecular flexibility index (Phi) is 6.82. The number of halogens is 4. The normalized spacial score (nSPS) is 15.8. The molecule has 0 aliphatic carbocycles. The van der Waals surface area contributed by atoms with E-state index >= 15 is 4.39 Å². The fourth-order valence-electron chi connectivity index (χ4n) is 4.87. The molecule has 0 spiro atoms. The molecule has 0 atom stereocenters. The third-order valence-corrected chi connectivity index (χ3v) is 6.60. The molecule has 0 unspecified atom stereocenters. The van der Waals surface area contributed by atoms with Crippen LogP contribution in [-0.2, 0) is 4.79 Å². The number of carbonyl (C=O) groups excluding carboxylic acids is 1. The lowest BCUT2D eigenvalue weighted by atomic mass is 10.0. The van der Waals surface area contributed by atoms with Gasteiger partial charge in [-0.2, -0.15) is 0 Å². The van der Waals surface area contributed by atoms with Gasteiger partial charge in [0.05, 0.1) is 35.5 Å². The van der Waals surface area contributed by atoms with Crippen molar-refractivity contribution in [2.45, 2.75) is 19.9 Å². The molecule has 0 saturated carbocycles. The molecule has 200 valence electrons. The first kappa shape index (κ1) is 25.7. The number of nitrogens with one attached hydrogen (secondary N) is 2. The van der Waals surface area contributed by atoms with Crippen LogP contribution in [0.25, 0.3) is 11.3 Å². The first-order valence-electron chi connectivity index (χ1n) is 12.3. The third-order valence-electron chi connectivity index (χ3n) is 6.60. The Labute approximate surface area is 217 Å². The summed E-state index contributed by atoms with van der Waals surface area (Å²) >= 11 is 0. The minimum atomic E-state index is -0.845. The van der Waals surface area contributed by atoms with Gasteiger partial charge in [0.25, 0.3) is 0 Å². The summed E-state index contributed by atoms with van der Waals surface area (Å²) in [5.41, 5.74) is 0.239. The molecular weight excluding hydrogens is 502 g/mol.